The molecule has 0 aliphatic carbocycles. The number of aromatic nitrogens is 2. The number of hydrogen-bond donors (Lipinski definition) is 2. The highest BCUT2D eigenvalue weighted by atomic mass is 35.5. The number of rotatable bonds is 8. The summed E-state index contributed by atoms with van der Waals surface area (Å²) in [5.74, 6) is 1.34. The SMILES string of the molecule is CCc1nc(NCCC(=O)NCCN2CCOCC2)c2cc(Cl)cc(Cl)c2n1. The third-order valence-corrected chi connectivity index (χ3v) is 5.09. The van der Waals surface area contributed by atoms with Gasteiger partial charge >= 0.3 is 0 Å². The molecule has 1 amide bonds. The van der Waals surface area contributed by atoms with Gasteiger partial charge < -0.3 is 15.4 Å². The molecule has 0 spiro atoms. The van der Waals surface area contributed by atoms with Gasteiger partial charge in [-0.1, -0.05) is 30.1 Å². The minimum Gasteiger partial charge on any atom is -0.379 e. The molecule has 2 aromatic rings. The average Bonchev–Trinajstić information content (AvgIpc) is 2.69. The van der Waals surface area contributed by atoms with Crippen molar-refractivity contribution in [2.75, 3.05) is 51.3 Å². The molecular formula is C19H25Cl2N5O2. The molecular weight excluding hydrogens is 401 g/mol. The Morgan fingerprint density at radius 1 is 1.21 bits per heavy atom. The Hall–Kier alpha value is -1.67. The van der Waals surface area contributed by atoms with Gasteiger partial charge in [-0.2, -0.15) is 0 Å². The predicted molar refractivity (Wildman–Crippen MR) is 112 cm³/mol. The summed E-state index contributed by atoms with van der Waals surface area (Å²) in [6, 6.07) is 3.45. The third-order valence-electron chi connectivity index (χ3n) is 4.58. The fourth-order valence-electron chi connectivity index (χ4n) is 3.06. The monoisotopic (exact) mass is 425 g/mol. The lowest BCUT2D eigenvalue weighted by Crippen LogP contribution is -2.41. The molecule has 1 aliphatic heterocycles. The summed E-state index contributed by atoms with van der Waals surface area (Å²) in [5, 5.41) is 7.95. The smallest absolute Gasteiger partial charge is 0.221 e. The molecule has 2 N–H and O–H groups in total. The summed E-state index contributed by atoms with van der Waals surface area (Å²) in [6.07, 6.45) is 1.04. The second kappa shape index (κ2) is 10.2. The molecule has 1 aliphatic rings. The molecule has 0 saturated carbocycles. The van der Waals surface area contributed by atoms with Gasteiger partial charge in [0, 0.05) is 56.0 Å². The first-order valence-corrected chi connectivity index (χ1v) is 10.3. The highest BCUT2D eigenvalue weighted by molar-refractivity contribution is 6.38. The molecule has 1 fully saturated rings. The zero-order valence-electron chi connectivity index (χ0n) is 15.9. The lowest BCUT2D eigenvalue weighted by molar-refractivity contribution is -0.120. The Labute approximate surface area is 174 Å². The molecule has 2 heterocycles. The summed E-state index contributed by atoms with van der Waals surface area (Å²) in [7, 11) is 0. The molecule has 1 saturated heterocycles. The number of benzene rings is 1. The van der Waals surface area contributed by atoms with E-state index in [0.717, 1.165) is 38.2 Å². The number of nitrogens with zero attached hydrogens (tertiary/aromatic N) is 3. The maximum Gasteiger partial charge on any atom is 0.221 e. The van der Waals surface area contributed by atoms with Gasteiger partial charge in [0.25, 0.3) is 0 Å². The van der Waals surface area contributed by atoms with Crippen LogP contribution in [0.5, 0.6) is 0 Å². The van der Waals surface area contributed by atoms with Crippen molar-refractivity contribution in [2.45, 2.75) is 19.8 Å². The van der Waals surface area contributed by atoms with Crippen LogP contribution in [0.1, 0.15) is 19.2 Å². The van der Waals surface area contributed by atoms with E-state index in [1.807, 2.05) is 6.92 Å². The Bertz CT molecular complexity index is 828. The van der Waals surface area contributed by atoms with Crippen molar-refractivity contribution in [2.24, 2.45) is 0 Å². The summed E-state index contributed by atoms with van der Waals surface area (Å²) in [4.78, 5) is 23.4. The van der Waals surface area contributed by atoms with Crippen molar-refractivity contribution >= 4 is 45.8 Å². The van der Waals surface area contributed by atoms with Crippen LogP contribution in [0.2, 0.25) is 10.0 Å². The van der Waals surface area contributed by atoms with Crippen molar-refractivity contribution in [3.8, 4) is 0 Å². The van der Waals surface area contributed by atoms with Crippen LogP contribution >= 0.6 is 23.2 Å². The van der Waals surface area contributed by atoms with E-state index in [2.05, 4.69) is 25.5 Å². The number of fused-ring (bicyclic) bond motifs is 1. The van der Waals surface area contributed by atoms with Crippen LogP contribution < -0.4 is 10.6 Å². The quantitative estimate of drug-likeness (QED) is 0.676. The molecule has 152 valence electrons. The van der Waals surface area contributed by atoms with Crippen molar-refractivity contribution < 1.29 is 9.53 Å². The predicted octanol–water partition coefficient (Wildman–Crippen LogP) is 2.75. The standard InChI is InChI=1S/C19H25Cl2N5O2/c1-2-16-24-18-14(11-13(20)12-15(18)21)19(25-16)23-4-3-17(27)22-5-6-26-7-9-28-10-8-26/h11-12H,2-10H2,1H3,(H,22,27)(H,23,24,25). The summed E-state index contributed by atoms with van der Waals surface area (Å²) in [6.45, 7) is 7.29. The van der Waals surface area contributed by atoms with Gasteiger partial charge in [0.05, 0.1) is 23.8 Å². The number of anilines is 1. The maximum absolute atomic E-state index is 12.1. The van der Waals surface area contributed by atoms with Gasteiger partial charge in [-0.05, 0) is 12.1 Å². The van der Waals surface area contributed by atoms with E-state index in [0.29, 0.717) is 53.1 Å². The molecule has 7 nitrogen and oxygen atoms in total. The largest absolute Gasteiger partial charge is 0.379 e. The minimum absolute atomic E-state index is 0.00546. The normalized spacial score (nSPS) is 15.0. The average molecular weight is 426 g/mol. The van der Waals surface area contributed by atoms with Crippen LogP contribution in [0.4, 0.5) is 5.82 Å². The van der Waals surface area contributed by atoms with E-state index in [1.54, 1.807) is 12.1 Å². The van der Waals surface area contributed by atoms with Crippen LogP contribution in [0, 0.1) is 0 Å². The van der Waals surface area contributed by atoms with Gasteiger partial charge in [0.2, 0.25) is 5.91 Å². The fourth-order valence-corrected chi connectivity index (χ4v) is 3.59. The third kappa shape index (κ3) is 5.67. The number of nitrogens with one attached hydrogen (secondary N) is 2. The van der Waals surface area contributed by atoms with Crippen LogP contribution in [0.15, 0.2) is 12.1 Å². The van der Waals surface area contributed by atoms with E-state index < -0.39 is 0 Å². The van der Waals surface area contributed by atoms with E-state index in [9.17, 15) is 4.79 Å². The number of amides is 1. The highest BCUT2D eigenvalue weighted by Gasteiger charge is 2.13. The van der Waals surface area contributed by atoms with Gasteiger partial charge in [0.15, 0.2) is 0 Å². The Morgan fingerprint density at radius 2 is 2.00 bits per heavy atom. The molecule has 0 unspecified atom stereocenters. The van der Waals surface area contributed by atoms with E-state index in [4.69, 9.17) is 27.9 Å². The van der Waals surface area contributed by atoms with E-state index in [-0.39, 0.29) is 5.91 Å². The summed E-state index contributed by atoms with van der Waals surface area (Å²) in [5.41, 5.74) is 0.662. The highest BCUT2D eigenvalue weighted by Crippen LogP contribution is 2.30. The first kappa shape index (κ1) is 21.0. The summed E-state index contributed by atoms with van der Waals surface area (Å²) < 4.78 is 5.32. The first-order valence-electron chi connectivity index (χ1n) is 9.53. The van der Waals surface area contributed by atoms with Crippen molar-refractivity contribution in [3.63, 3.8) is 0 Å². The Kier molecular flexibility index (Phi) is 7.67. The second-order valence-electron chi connectivity index (χ2n) is 6.61. The second-order valence-corrected chi connectivity index (χ2v) is 7.45. The van der Waals surface area contributed by atoms with Gasteiger partial charge in [-0.25, -0.2) is 9.97 Å². The van der Waals surface area contributed by atoms with Gasteiger partial charge in [-0.3, -0.25) is 9.69 Å². The van der Waals surface area contributed by atoms with Crippen LogP contribution in [-0.2, 0) is 16.0 Å². The van der Waals surface area contributed by atoms with Gasteiger partial charge in [0.1, 0.15) is 11.6 Å². The molecule has 3 rings (SSSR count). The molecule has 9 heteroatoms. The lowest BCUT2D eigenvalue weighted by Gasteiger charge is -2.26. The number of morpholine rings is 1. The number of carbonyl (C=O) groups is 1. The molecule has 1 aromatic heterocycles. The first-order chi connectivity index (χ1) is 13.6. The fraction of sp³-hybridized carbons (Fsp3) is 0.526. The van der Waals surface area contributed by atoms with Crippen LogP contribution in [0.3, 0.4) is 0 Å². The number of ether oxygens (including phenoxy) is 1. The van der Waals surface area contributed by atoms with E-state index in [1.165, 1.54) is 0 Å². The van der Waals surface area contributed by atoms with Crippen molar-refractivity contribution in [1.82, 2.24) is 20.2 Å². The van der Waals surface area contributed by atoms with Crippen LogP contribution in [-0.4, -0.2) is 66.7 Å². The molecule has 1 aromatic carbocycles. The lowest BCUT2D eigenvalue weighted by atomic mass is 10.2. The van der Waals surface area contributed by atoms with Crippen LogP contribution in [0.25, 0.3) is 10.9 Å². The Balaban J connectivity index is 1.53. The molecule has 0 radical (unpaired) electrons. The van der Waals surface area contributed by atoms with Crippen molar-refractivity contribution in [1.29, 1.82) is 0 Å². The number of carbonyl (C=O) groups excluding carboxylic acids is 1. The molecule has 0 bridgehead atoms. The minimum atomic E-state index is 0.00546. The Morgan fingerprint density at radius 3 is 2.75 bits per heavy atom. The number of hydrogen-bond acceptors (Lipinski definition) is 6. The maximum atomic E-state index is 12.1. The van der Waals surface area contributed by atoms with E-state index >= 15 is 0 Å². The zero-order chi connectivity index (χ0) is 19.9. The van der Waals surface area contributed by atoms with Crippen molar-refractivity contribution in [3.05, 3.63) is 28.0 Å². The molecule has 28 heavy (non-hydrogen) atoms. The molecule has 0 atom stereocenters. The topological polar surface area (TPSA) is 79.4 Å². The number of halogens is 2. The summed E-state index contributed by atoms with van der Waals surface area (Å²) >= 11 is 12.4. The van der Waals surface area contributed by atoms with Gasteiger partial charge in [-0.15, -0.1) is 0 Å². The number of aryl methyl sites for hydroxylation is 1. The zero-order valence-corrected chi connectivity index (χ0v) is 17.4.